The van der Waals surface area contributed by atoms with Crippen molar-refractivity contribution in [1.82, 2.24) is 10.3 Å². The van der Waals surface area contributed by atoms with Crippen LogP contribution in [0.25, 0.3) is 0 Å². The van der Waals surface area contributed by atoms with Gasteiger partial charge in [0.15, 0.2) is 0 Å². The molecule has 4 nitrogen and oxygen atoms in total. The summed E-state index contributed by atoms with van der Waals surface area (Å²) in [6, 6.07) is 6.86. The van der Waals surface area contributed by atoms with E-state index in [1.807, 2.05) is 6.20 Å². The van der Waals surface area contributed by atoms with Gasteiger partial charge in [0.05, 0.1) is 13.0 Å². The van der Waals surface area contributed by atoms with Crippen molar-refractivity contribution < 1.29 is 9.90 Å². The van der Waals surface area contributed by atoms with Crippen molar-refractivity contribution in [3.63, 3.8) is 0 Å². The van der Waals surface area contributed by atoms with Gasteiger partial charge in [-0.1, -0.05) is 25.1 Å². The van der Waals surface area contributed by atoms with Crippen LogP contribution in [0.15, 0.2) is 30.5 Å². The van der Waals surface area contributed by atoms with E-state index in [9.17, 15) is 9.90 Å². The van der Waals surface area contributed by atoms with E-state index >= 15 is 0 Å². The van der Waals surface area contributed by atoms with Crippen molar-refractivity contribution >= 4 is 17.2 Å². The van der Waals surface area contributed by atoms with E-state index in [0.29, 0.717) is 12.1 Å². The lowest BCUT2D eigenvalue weighted by atomic mass is 10.1. The van der Waals surface area contributed by atoms with Crippen molar-refractivity contribution in [1.29, 1.82) is 0 Å². The summed E-state index contributed by atoms with van der Waals surface area (Å²) in [7, 11) is 0. The van der Waals surface area contributed by atoms with Crippen LogP contribution in [0.2, 0.25) is 0 Å². The zero-order valence-corrected chi connectivity index (χ0v) is 11.5. The molecule has 1 aromatic heterocycles. The minimum absolute atomic E-state index is 0.116. The van der Waals surface area contributed by atoms with E-state index in [2.05, 4.69) is 17.2 Å². The number of aryl methyl sites for hydroxylation is 1. The number of amides is 1. The monoisotopic (exact) mass is 276 g/mol. The first-order valence-corrected chi connectivity index (χ1v) is 6.98. The fourth-order valence-corrected chi connectivity index (χ4v) is 2.47. The first kappa shape index (κ1) is 13.5. The summed E-state index contributed by atoms with van der Waals surface area (Å²) in [5.41, 5.74) is 0.633. The molecule has 0 aliphatic rings. The van der Waals surface area contributed by atoms with Gasteiger partial charge in [0, 0.05) is 16.6 Å². The highest BCUT2D eigenvalue weighted by Crippen LogP contribution is 2.16. The molecule has 2 rings (SSSR count). The van der Waals surface area contributed by atoms with Gasteiger partial charge in [0.2, 0.25) is 5.91 Å². The lowest BCUT2D eigenvalue weighted by Gasteiger charge is -2.05. The van der Waals surface area contributed by atoms with Crippen LogP contribution >= 0.6 is 11.3 Å². The Balaban J connectivity index is 1.86. The normalized spacial score (nSPS) is 10.4. The van der Waals surface area contributed by atoms with Gasteiger partial charge in [0.1, 0.15) is 10.8 Å². The molecule has 0 aliphatic carbocycles. The Labute approximate surface area is 116 Å². The SMILES string of the molecule is CCc1cnc(CNC(=O)Cc2ccccc2O)s1. The van der Waals surface area contributed by atoms with Gasteiger partial charge in [0.25, 0.3) is 0 Å². The van der Waals surface area contributed by atoms with Crippen molar-refractivity contribution in [3.8, 4) is 5.75 Å². The van der Waals surface area contributed by atoms with Crippen LogP contribution in [0.3, 0.4) is 0 Å². The topological polar surface area (TPSA) is 62.2 Å². The lowest BCUT2D eigenvalue weighted by Crippen LogP contribution is -2.24. The summed E-state index contributed by atoms with van der Waals surface area (Å²) in [5.74, 6) is 0.0370. The van der Waals surface area contributed by atoms with Gasteiger partial charge in [-0.2, -0.15) is 0 Å². The minimum Gasteiger partial charge on any atom is -0.508 e. The molecule has 0 saturated carbocycles. The summed E-state index contributed by atoms with van der Waals surface area (Å²) < 4.78 is 0. The van der Waals surface area contributed by atoms with Gasteiger partial charge in [-0.15, -0.1) is 11.3 Å². The van der Waals surface area contributed by atoms with E-state index in [-0.39, 0.29) is 18.1 Å². The molecule has 0 radical (unpaired) electrons. The largest absolute Gasteiger partial charge is 0.508 e. The van der Waals surface area contributed by atoms with E-state index < -0.39 is 0 Å². The van der Waals surface area contributed by atoms with Gasteiger partial charge in [-0.3, -0.25) is 4.79 Å². The Bertz CT molecular complexity index is 566. The number of nitrogens with zero attached hydrogens (tertiary/aromatic N) is 1. The maximum Gasteiger partial charge on any atom is 0.224 e. The summed E-state index contributed by atoms with van der Waals surface area (Å²) >= 11 is 1.61. The quantitative estimate of drug-likeness (QED) is 0.880. The number of aromatic nitrogens is 1. The molecule has 0 aliphatic heterocycles. The second kappa shape index (κ2) is 6.33. The molecule has 1 heterocycles. The van der Waals surface area contributed by atoms with E-state index in [1.165, 1.54) is 4.88 Å². The van der Waals surface area contributed by atoms with Crippen molar-refractivity contribution in [3.05, 3.63) is 45.9 Å². The van der Waals surface area contributed by atoms with Gasteiger partial charge < -0.3 is 10.4 Å². The Morgan fingerprint density at radius 3 is 2.89 bits per heavy atom. The number of benzene rings is 1. The fraction of sp³-hybridized carbons (Fsp3) is 0.286. The number of phenolic OH excluding ortho intramolecular Hbond substituents is 1. The van der Waals surface area contributed by atoms with Crippen molar-refractivity contribution in [2.24, 2.45) is 0 Å². The van der Waals surface area contributed by atoms with E-state index in [1.54, 1.807) is 35.6 Å². The summed E-state index contributed by atoms with van der Waals surface area (Å²) in [6.07, 6.45) is 2.98. The predicted octanol–water partition coefficient (Wildman–Crippen LogP) is 2.27. The second-order valence-electron chi connectivity index (χ2n) is 4.16. The number of carbonyl (C=O) groups is 1. The van der Waals surface area contributed by atoms with Crippen LogP contribution in [0.5, 0.6) is 5.75 Å². The first-order valence-electron chi connectivity index (χ1n) is 6.16. The molecule has 0 unspecified atom stereocenters. The highest BCUT2D eigenvalue weighted by molar-refractivity contribution is 7.11. The molecule has 5 heteroatoms. The predicted molar refractivity (Wildman–Crippen MR) is 75.1 cm³/mol. The van der Waals surface area contributed by atoms with Gasteiger partial charge in [-0.25, -0.2) is 4.98 Å². The maximum atomic E-state index is 11.8. The third-order valence-electron chi connectivity index (χ3n) is 2.73. The molecule has 1 aromatic carbocycles. The Hall–Kier alpha value is -1.88. The number of nitrogens with one attached hydrogen (secondary N) is 1. The number of carbonyl (C=O) groups excluding carboxylic acids is 1. The Morgan fingerprint density at radius 1 is 1.42 bits per heavy atom. The molecule has 2 aromatic rings. The van der Waals surface area contributed by atoms with Crippen molar-refractivity contribution in [2.75, 3.05) is 0 Å². The van der Waals surface area contributed by atoms with E-state index in [0.717, 1.165) is 11.4 Å². The fourth-order valence-electron chi connectivity index (χ4n) is 1.66. The molecule has 1 amide bonds. The van der Waals surface area contributed by atoms with Crippen LogP contribution in [0, 0.1) is 0 Å². The average molecular weight is 276 g/mol. The number of hydrogen-bond donors (Lipinski definition) is 2. The molecule has 2 N–H and O–H groups in total. The summed E-state index contributed by atoms with van der Waals surface area (Å²) in [4.78, 5) is 17.2. The number of aromatic hydroxyl groups is 1. The molecule has 0 atom stereocenters. The third kappa shape index (κ3) is 3.79. The number of phenols is 1. The number of thiazole rings is 1. The van der Waals surface area contributed by atoms with Crippen LogP contribution < -0.4 is 5.32 Å². The molecular weight excluding hydrogens is 260 g/mol. The average Bonchev–Trinajstić information content (AvgIpc) is 2.87. The molecule has 0 spiro atoms. The Kier molecular flexibility index (Phi) is 4.52. The molecule has 0 saturated heterocycles. The van der Waals surface area contributed by atoms with Crippen molar-refractivity contribution in [2.45, 2.75) is 26.3 Å². The molecule has 0 fully saturated rings. The number of para-hydroxylation sites is 1. The smallest absolute Gasteiger partial charge is 0.224 e. The van der Waals surface area contributed by atoms with Gasteiger partial charge >= 0.3 is 0 Å². The second-order valence-corrected chi connectivity index (χ2v) is 5.36. The zero-order valence-electron chi connectivity index (χ0n) is 10.7. The third-order valence-corrected chi connectivity index (χ3v) is 3.87. The highest BCUT2D eigenvalue weighted by atomic mass is 32.1. The van der Waals surface area contributed by atoms with Gasteiger partial charge in [-0.05, 0) is 12.5 Å². The minimum atomic E-state index is -0.116. The molecule has 0 bridgehead atoms. The van der Waals surface area contributed by atoms with Crippen LogP contribution in [0.4, 0.5) is 0 Å². The number of rotatable bonds is 5. The summed E-state index contributed by atoms with van der Waals surface area (Å²) in [6.45, 7) is 2.52. The molecule has 100 valence electrons. The van der Waals surface area contributed by atoms with E-state index in [4.69, 9.17) is 0 Å². The zero-order chi connectivity index (χ0) is 13.7. The first-order chi connectivity index (χ1) is 9.19. The number of hydrogen-bond acceptors (Lipinski definition) is 4. The standard InChI is InChI=1S/C14H16N2O2S/c1-2-11-8-16-14(19-11)9-15-13(18)7-10-5-3-4-6-12(10)17/h3-6,8,17H,2,7,9H2,1H3,(H,15,18). The molecule has 19 heavy (non-hydrogen) atoms. The highest BCUT2D eigenvalue weighted by Gasteiger charge is 2.08. The maximum absolute atomic E-state index is 11.8. The summed E-state index contributed by atoms with van der Waals surface area (Å²) in [5, 5.41) is 13.3. The van der Waals surface area contributed by atoms with Crippen LogP contribution in [-0.2, 0) is 24.2 Å². The van der Waals surface area contributed by atoms with Crippen LogP contribution in [-0.4, -0.2) is 16.0 Å². The lowest BCUT2D eigenvalue weighted by molar-refractivity contribution is -0.120. The molecular formula is C14H16N2O2S. The Morgan fingerprint density at radius 2 is 2.21 bits per heavy atom. The van der Waals surface area contributed by atoms with Crippen LogP contribution in [0.1, 0.15) is 22.4 Å².